The Hall–Kier alpha value is -0.0631. The second-order valence-electron chi connectivity index (χ2n) is 4.53. The smallest absolute Gasteiger partial charge is 0.345 e. The Kier molecular flexibility index (Phi) is 11.5. The summed E-state index contributed by atoms with van der Waals surface area (Å²) in [5.74, 6) is 0.461. The van der Waals surface area contributed by atoms with Crippen molar-refractivity contribution in [3.8, 4) is 0 Å². The first-order valence-electron chi connectivity index (χ1n) is 7.09. The fourth-order valence-electron chi connectivity index (χ4n) is 1.45. The molecular formula is C12H28O7Si. The highest BCUT2D eigenvalue weighted by Crippen LogP contribution is 2.19. The van der Waals surface area contributed by atoms with Crippen LogP contribution in [0, 0.1) is 5.92 Å². The summed E-state index contributed by atoms with van der Waals surface area (Å²) in [7, 11) is -3.66. The third-order valence-corrected chi connectivity index (χ3v) is 3.64. The van der Waals surface area contributed by atoms with Gasteiger partial charge in [-0.2, -0.15) is 13.7 Å². The van der Waals surface area contributed by atoms with Crippen LogP contribution in [-0.2, 0) is 32.8 Å². The van der Waals surface area contributed by atoms with Gasteiger partial charge in [-0.3, -0.25) is 0 Å². The van der Waals surface area contributed by atoms with Crippen LogP contribution in [0.1, 0.15) is 48.0 Å². The van der Waals surface area contributed by atoms with Crippen LogP contribution in [0.2, 0.25) is 0 Å². The van der Waals surface area contributed by atoms with Crippen LogP contribution in [0.3, 0.4) is 0 Å². The topological polar surface area (TPSA) is 64.6 Å². The van der Waals surface area contributed by atoms with E-state index in [0.717, 1.165) is 6.42 Å². The fourth-order valence-corrected chi connectivity index (χ4v) is 3.03. The van der Waals surface area contributed by atoms with Crippen molar-refractivity contribution >= 4 is 9.05 Å². The minimum absolute atomic E-state index is 0.150. The van der Waals surface area contributed by atoms with Gasteiger partial charge in [-0.05, 0) is 40.0 Å². The predicted octanol–water partition coefficient (Wildman–Crippen LogP) is 2.78. The van der Waals surface area contributed by atoms with Crippen molar-refractivity contribution in [2.45, 2.75) is 54.1 Å². The van der Waals surface area contributed by atoms with Gasteiger partial charge < -0.3 is 4.43 Å². The molecule has 0 aliphatic rings. The van der Waals surface area contributed by atoms with Crippen molar-refractivity contribution in [1.82, 2.24) is 0 Å². The molecule has 0 heterocycles. The maximum atomic E-state index is 5.75. The summed E-state index contributed by atoms with van der Waals surface area (Å²) in [6.07, 6.45) is 0.665. The van der Waals surface area contributed by atoms with Gasteiger partial charge in [-0.15, -0.1) is 0 Å². The van der Waals surface area contributed by atoms with Crippen molar-refractivity contribution in [3.05, 3.63) is 0 Å². The molecule has 0 spiro atoms. The van der Waals surface area contributed by atoms with E-state index >= 15 is 0 Å². The molecule has 0 aromatic carbocycles. The summed E-state index contributed by atoms with van der Waals surface area (Å²) in [6, 6.07) is 0. The maximum absolute atomic E-state index is 5.75. The second kappa shape index (κ2) is 11.6. The van der Waals surface area contributed by atoms with Gasteiger partial charge in [0.1, 0.15) is 0 Å². The lowest BCUT2D eigenvalue weighted by Gasteiger charge is -2.27. The quantitative estimate of drug-likeness (QED) is 0.294. The van der Waals surface area contributed by atoms with Crippen LogP contribution >= 0.6 is 0 Å². The molecule has 122 valence electrons. The van der Waals surface area contributed by atoms with Crippen LogP contribution in [0.5, 0.6) is 0 Å². The van der Waals surface area contributed by atoms with E-state index in [1.807, 2.05) is 6.92 Å². The molecule has 0 rings (SSSR count). The van der Waals surface area contributed by atoms with E-state index in [9.17, 15) is 0 Å². The van der Waals surface area contributed by atoms with Crippen molar-refractivity contribution in [2.24, 2.45) is 5.92 Å². The molecule has 1 atom stereocenters. The fraction of sp³-hybridized carbons (Fsp3) is 1.00. The van der Waals surface area contributed by atoms with E-state index in [4.69, 9.17) is 32.8 Å². The minimum Gasteiger partial charge on any atom is -0.345 e. The van der Waals surface area contributed by atoms with E-state index < -0.39 is 9.05 Å². The molecule has 0 aliphatic carbocycles. The van der Waals surface area contributed by atoms with E-state index in [0.29, 0.717) is 25.7 Å². The van der Waals surface area contributed by atoms with Gasteiger partial charge >= 0.3 is 9.05 Å². The third-order valence-electron chi connectivity index (χ3n) is 1.99. The Balaban J connectivity index is 4.73. The summed E-state index contributed by atoms with van der Waals surface area (Å²) >= 11 is 0. The molecule has 0 aliphatic heterocycles. The highest BCUT2D eigenvalue weighted by Gasteiger charge is 2.53. The third kappa shape index (κ3) is 8.98. The molecule has 0 amide bonds. The predicted molar refractivity (Wildman–Crippen MR) is 73.9 cm³/mol. The van der Waals surface area contributed by atoms with Gasteiger partial charge in [0, 0.05) is 6.10 Å². The van der Waals surface area contributed by atoms with Crippen molar-refractivity contribution in [3.63, 3.8) is 0 Å². The molecule has 0 saturated heterocycles. The van der Waals surface area contributed by atoms with E-state index in [2.05, 4.69) is 13.8 Å². The Morgan fingerprint density at radius 2 is 1.15 bits per heavy atom. The number of hydrogen-bond donors (Lipinski definition) is 0. The molecule has 0 N–H and O–H groups in total. The minimum atomic E-state index is -3.66. The average molecular weight is 312 g/mol. The first-order valence-corrected chi connectivity index (χ1v) is 8.72. The highest BCUT2D eigenvalue weighted by molar-refractivity contribution is 6.52. The molecule has 0 fully saturated rings. The summed E-state index contributed by atoms with van der Waals surface area (Å²) in [5, 5.41) is 0. The van der Waals surface area contributed by atoms with Gasteiger partial charge in [0.2, 0.25) is 0 Å². The SMILES string of the molecule is CCOO[Si](OOCC)(OOCC)OC(C)CC(C)C. The van der Waals surface area contributed by atoms with E-state index in [1.165, 1.54) is 0 Å². The molecule has 0 aromatic heterocycles. The lowest BCUT2D eigenvalue weighted by atomic mass is 10.1. The lowest BCUT2D eigenvalue weighted by Crippen LogP contribution is -2.51. The zero-order valence-corrected chi connectivity index (χ0v) is 14.3. The van der Waals surface area contributed by atoms with Crippen molar-refractivity contribution in [2.75, 3.05) is 19.8 Å². The Morgan fingerprint density at radius 3 is 1.45 bits per heavy atom. The first-order chi connectivity index (χ1) is 9.49. The average Bonchev–Trinajstić information content (AvgIpc) is 2.39. The summed E-state index contributed by atoms with van der Waals surface area (Å²) < 4.78 is 21.2. The molecule has 0 aromatic rings. The normalized spacial score (nSPS) is 13.9. The number of hydrogen-bond acceptors (Lipinski definition) is 7. The van der Waals surface area contributed by atoms with Gasteiger partial charge in [0.25, 0.3) is 0 Å². The molecule has 0 saturated carbocycles. The Labute approximate surface area is 122 Å². The van der Waals surface area contributed by atoms with Crippen LogP contribution in [0.4, 0.5) is 0 Å². The Morgan fingerprint density at radius 1 is 0.750 bits per heavy atom. The van der Waals surface area contributed by atoms with Crippen molar-refractivity contribution < 1.29 is 32.8 Å². The molecule has 8 heteroatoms. The van der Waals surface area contributed by atoms with Gasteiger partial charge in [-0.1, -0.05) is 13.8 Å². The summed E-state index contributed by atoms with van der Waals surface area (Å²) in [4.78, 5) is 14.8. The summed E-state index contributed by atoms with van der Waals surface area (Å²) in [5.41, 5.74) is 0. The second-order valence-corrected chi connectivity index (χ2v) is 6.26. The monoisotopic (exact) mass is 312 g/mol. The van der Waals surface area contributed by atoms with Gasteiger partial charge in [-0.25, -0.2) is 14.7 Å². The molecule has 1 unspecified atom stereocenters. The van der Waals surface area contributed by atoms with Gasteiger partial charge in [0.15, 0.2) is 0 Å². The van der Waals surface area contributed by atoms with Crippen molar-refractivity contribution in [1.29, 1.82) is 0 Å². The zero-order valence-electron chi connectivity index (χ0n) is 13.3. The Bertz CT molecular complexity index is 206. The largest absolute Gasteiger partial charge is 0.764 e. The highest BCUT2D eigenvalue weighted by atomic mass is 28.4. The van der Waals surface area contributed by atoms with Crippen LogP contribution in [0.15, 0.2) is 0 Å². The first kappa shape index (κ1) is 19.9. The van der Waals surface area contributed by atoms with Crippen LogP contribution in [0.25, 0.3) is 0 Å². The van der Waals surface area contributed by atoms with E-state index in [1.54, 1.807) is 20.8 Å². The maximum Gasteiger partial charge on any atom is 0.764 e. The molecular weight excluding hydrogens is 284 g/mol. The van der Waals surface area contributed by atoms with E-state index in [-0.39, 0.29) is 6.10 Å². The summed E-state index contributed by atoms with van der Waals surface area (Å²) in [6.45, 7) is 12.4. The molecule has 7 nitrogen and oxygen atoms in total. The number of rotatable bonds is 13. The lowest BCUT2D eigenvalue weighted by molar-refractivity contribution is -0.388. The van der Waals surface area contributed by atoms with Crippen LogP contribution in [-0.4, -0.2) is 35.0 Å². The standard InChI is InChI=1S/C12H28O7Si/c1-7-13-17-20(18-14-8-2,19-15-9-3)16-12(6)10-11(4)5/h11-12H,7-10H2,1-6H3. The molecule has 0 bridgehead atoms. The zero-order chi connectivity index (χ0) is 15.4. The molecule has 20 heavy (non-hydrogen) atoms. The van der Waals surface area contributed by atoms with Crippen LogP contribution < -0.4 is 0 Å². The van der Waals surface area contributed by atoms with Gasteiger partial charge in [0.05, 0.1) is 19.8 Å². The molecule has 0 radical (unpaired) electrons.